The number of nitrogens with zero attached hydrogens (tertiary/aromatic N) is 1. The molecule has 2 rings (SSSR count). The quantitative estimate of drug-likeness (QED) is 0.857. The van der Waals surface area contributed by atoms with Gasteiger partial charge in [-0.3, -0.25) is 0 Å². The molecule has 1 aromatic carbocycles. The number of benzene rings is 1. The first-order chi connectivity index (χ1) is 6.20. The van der Waals surface area contributed by atoms with Gasteiger partial charge in [-0.25, -0.2) is 9.37 Å². The first kappa shape index (κ1) is 9.05. The highest BCUT2D eigenvalue weighted by Gasteiger charge is 2.08. The zero-order chi connectivity index (χ0) is 9.42. The maximum Gasteiger partial charge on any atom is 0.160 e. The number of rotatable bonds is 1. The van der Waals surface area contributed by atoms with Crippen LogP contribution in [0, 0.1) is 5.82 Å². The van der Waals surface area contributed by atoms with Crippen LogP contribution in [0.5, 0.6) is 0 Å². The number of aliphatic hydroxyl groups is 1. The highest BCUT2D eigenvalue weighted by atomic mass is 79.9. The monoisotopic (exact) mass is 261 g/mol. The SMILES string of the molecule is OCc1cc(F)cc2sc(Br)nc12. The second-order valence-corrected chi connectivity index (χ2v) is 4.84. The molecule has 2 nitrogen and oxygen atoms in total. The van der Waals surface area contributed by atoms with Gasteiger partial charge in [-0.2, -0.15) is 0 Å². The van der Waals surface area contributed by atoms with Crippen LogP contribution < -0.4 is 0 Å². The van der Waals surface area contributed by atoms with E-state index in [1.54, 1.807) is 0 Å². The van der Waals surface area contributed by atoms with Crippen LogP contribution in [0.25, 0.3) is 10.2 Å². The molecule has 0 saturated carbocycles. The average Bonchev–Trinajstić information content (AvgIpc) is 2.43. The van der Waals surface area contributed by atoms with Crippen LogP contribution in [-0.4, -0.2) is 10.1 Å². The number of fused-ring (bicyclic) bond motifs is 1. The van der Waals surface area contributed by atoms with Crippen LogP contribution in [0.1, 0.15) is 5.56 Å². The summed E-state index contributed by atoms with van der Waals surface area (Å²) in [5, 5.41) is 8.95. The van der Waals surface area contributed by atoms with Crippen molar-refractivity contribution in [3.63, 3.8) is 0 Å². The number of aromatic nitrogens is 1. The van der Waals surface area contributed by atoms with Crippen LogP contribution in [-0.2, 0) is 6.61 Å². The van der Waals surface area contributed by atoms with Crippen molar-refractivity contribution in [1.29, 1.82) is 0 Å². The molecule has 1 aromatic heterocycles. The van der Waals surface area contributed by atoms with Crippen molar-refractivity contribution in [1.82, 2.24) is 4.98 Å². The van der Waals surface area contributed by atoms with Gasteiger partial charge in [0.25, 0.3) is 0 Å². The molecule has 5 heteroatoms. The van der Waals surface area contributed by atoms with E-state index in [0.29, 0.717) is 15.0 Å². The summed E-state index contributed by atoms with van der Waals surface area (Å²) in [7, 11) is 0. The third kappa shape index (κ3) is 1.59. The van der Waals surface area contributed by atoms with E-state index in [1.807, 2.05) is 0 Å². The minimum absolute atomic E-state index is 0.190. The third-order valence-electron chi connectivity index (χ3n) is 1.68. The van der Waals surface area contributed by atoms with Crippen LogP contribution in [0.3, 0.4) is 0 Å². The largest absolute Gasteiger partial charge is 0.392 e. The summed E-state index contributed by atoms with van der Waals surface area (Å²) in [5.41, 5.74) is 1.19. The molecule has 0 radical (unpaired) electrons. The van der Waals surface area contributed by atoms with E-state index in [1.165, 1.54) is 23.5 Å². The number of halogens is 2. The summed E-state index contributed by atoms with van der Waals surface area (Å²) in [6, 6.07) is 2.71. The summed E-state index contributed by atoms with van der Waals surface area (Å²) in [4.78, 5) is 4.13. The molecule has 0 amide bonds. The molecular weight excluding hydrogens is 257 g/mol. The van der Waals surface area contributed by atoms with Gasteiger partial charge in [-0.05, 0) is 28.1 Å². The maximum atomic E-state index is 12.9. The lowest BCUT2D eigenvalue weighted by atomic mass is 10.2. The Morgan fingerprint density at radius 1 is 1.54 bits per heavy atom. The second kappa shape index (κ2) is 3.32. The summed E-state index contributed by atoms with van der Waals surface area (Å²) in [6.07, 6.45) is 0. The lowest BCUT2D eigenvalue weighted by Crippen LogP contribution is -1.87. The van der Waals surface area contributed by atoms with Gasteiger partial charge < -0.3 is 5.11 Å². The molecule has 0 aliphatic rings. The van der Waals surface area contributed by atoms with Crippen LogP contribution in [0.15, 0.2) is 16.0 Å². The van der Waals surface area contributed by atoms with Gasteiger partial charge in [0.1, 0.15) is 5.82 Å². The fraction of sp³-hybridized carbons (Fsp3) is 0.125. The first-order valence-corrected chi connectivity index (χ1v) is 5.17. The molecule has 1 heterocycles. The normalized spacial score (nSPS) is 11.0. The molecular formula is C8H5BrFNOS. The molecule has 0 bridgehead atoms. The fourth-order valence-electron chi connectivity index (χ4n) is 1.15. The molecule has 68 valence electrons. The summed E-state index contributed by atoms with van der Waals surface area (Å²) in [5.74, 6) is -0.340. The topological polar surface area (TPSA) is 33.1 Å². The van der Waals surface area contributed by atoms with Crippen molar-refractivity contribution in [2.75, 3.05) is 0 Å². The number of aliphatic hydroxyl groups excluding tert-OH is 1. The van der Waals surface area contributed by atoms with Crippen molar-refractivity contribution >= 4 is 37.5 Å². The van der Waals surface area contributed by atoms with E-state index in [-0.39, 0.29) is 12.4 Å². The van der Waals surface area contributed by atoms with E-state index in [4.69, 9.17) is 5.11 Å². The molecule has 0 aliphatic carbocycles. The zero-order valence-corrected chi connectivity index (χ0v) is 8.82. The molecule has 0 atom stereocenters. The highest BCUT2D eigenvalue weighted by Crippen LogP contribution is 2.29. The lowest BCUT2D eigenvalue weighted by molar-refractivity contribution is 0.282. The summed E-state index contributed by atoms with van der Waals surface area (Å²) >= 11 is 4.57. The predicted octanol–water partition coefficient (Wildman–Crippen LogP) is 2.69. The molecule has 1 N–H and O–H groups in total. The van der Waals surface area contributed by atoms with Crippen LogP contribution >= 0.6 is 27.3 Å². The molecule has 0 fully saturated rings. The highest BCUT2D eigenvalue weighted by molar-refractivity contribution is 9.11. The second-order valence-electron chi connectivity index (χ2n) is 2.54. The Bertz CT molecular complexity index is 457. The van der Waals surface area contributed by atoms with Crippen molar-refractivity contribution in [3.8, 4) is 0 Å². The molecule has 0 saturated heterocycles. The lowest BCUT2D eigenvalue weighted by Gasteiger charge is -1.96. The van der Waals surface area contributed by atoms with Gasteiger partial charge >= 0.3 is 0 Å². The standard InChI is InChI=1S/C8H5BrFNOS/c9-8-11-7-4(3-12)1-5(10)2-6(7)13-8/h1-2,12H,3H2. The average molecular weight is 262 g/mol. The van der Waals surface area contributed by atoms with Gasteiger partial charge in [0.05, 0.1) is 16.8 Å². The molecule has 0 spiro atoms. The Hall–Kier alpha value is -0.520. The van der Waals surface area contributed by atoms with Crippen molar-refractivity contribution < 1.29 is 9.50 Å². The smallest absolute Gasteiger partial charge is 0.160 e. The number of hydrogen-bond donors (Lipinski definition) is 1. The van der Waals surface area contributed by atoms with Crippen LogP contribution in [0.2, 0.25) is 0 Å². The number of thiazole rings is 1. The van der Waals surface area contributed by atoms with Gasteiger partial charge in [-0.15, -0.1) is 11.3 Å². The maximum absolute atomic E-state index is 12.9. The molecule has 13 heavy (non-hydrogen) atoms. The predicted molar refractivity (Wildman–Crippen MR) is 53.2 cm³/mol. The van der Waals surface area contributed by atoms with Gasteiger partial charge in [0.15, 0.2) is 3.92 Å². The number of hydrogen-bond acceptors (Lipinski definition) is 3. The molecule has 2 aromatic rings. The first-order valence-electron chi connectivity index (χ1n) is 3.56. The van der Waals surface area contributed by atoms with Crippen molar-refractivity contribution in [2.45, 2.75) is 6.61 Å². The Morgan fingerprint density at radius 2 is 2.31 bits per heavy atom. The van der Waals surface area contributed by atoms with Gasteiger partial charge in [-0.1, -0.05) is 0 Å². The van der Waals surface area contributed by atoms with Gasteiger partial charge in [0, 0.05) is 5.56 Å². The third-order valence-corrected chi connectivity index (χ3v) is 3.14. The fourth-order valence-corrected chi connectivity index (χ4v) is 2.62. The Morgan fingerprint density at radius 3 is 3.00 bits per heavy atom. The Kier molecular flexibility index (Phi) is 2.31. The zero-order valence-electron chi connectivity index (χ0n) is 6.42. The summed E-state index contributed by atoms with van der Waals surface area (Å²) < 4.78 is 14.4. The van der Waals surface area contributed by atoms with E-state index in [2.05, 4.69) is 20.9 Å². The van der Waals surface area contributed by atoms with Crippen molar-refractivity contribution in [2.24, 2.45) is 0 Å². The van der Waals surface area contributed by atoms with Crippen molar-refractivity contribution in [3.05, 3.63) is 27.4 Å². The minimum Gasteiger partial charge on any atom is -0.392 e. The van der Waals surface area contributed by atoms with Gasteiger partial charge in [0.2, 0.25) is 0 Å². The minimum atomic E-state index is -0.340. The molecule has 0 aliphatic heterocycles. The Balaban J connectivity index is 2.80. The van der Waals surface area contributed by atoms with E-state index in [9.17, 15) is 4.39 Å². The van der Waals surface area contributed by atoms with E-state index >= 15 is 0 Å². The van der Waals surface area contributed by atoms with Crippen LogP contribution in [0.4, 0.5) is 4.39 Å². The molecule has 0 unspecified atom stereocenters. The summed E-state index contributed by atoms with van der Waals surface area (Å²) in [6.45, 7) is -0.190. The van der Waals surface area contributed by atoms with E-state index < -0.39 is 0 Å². The van der Waals surface area contributed by atoms with E-state index in [0.717, 1.165) is 4.70 Å². The Labute approximate surface area is 86.2 Å².